The van der Waals surface area contributed by atoms with E-state index in [0.29, 0.717) is 6.54 Å². The number of aromatic nitrogens is 3. The van der Waals surface area contributed by atoms with Crippen LogP contribution in [-0.2, 0) is 13.0 Å². The molecule has 0 saturated heterocycles. The van der Waals surface area contributed by atoms with E-state index in [2.05, 4.69) is 43.1 Å². The van der Waals surface area contributed by atoms with Crippen LogP contribution in [0.5, 0.6) is 0 Å². The first-order chi connectivity index (χ1) is 11.8. The Morgan fingerprint density at radius 2 is 2.20 bits per heavy atom. The molecule has 0 radical (unpaired) electrons. The van der Waals surface area contributed by atoms with E-state index in [1.54, 1.807) is 30.9 Å². The van der Waals surface area contributed by atoms with Crippen molar-refractivity contribution < 1.29 is 0 Å². The van der Waals surface area contributed by atoms with Crippen LogP contribution in [0.15, 0.2) is 59.6 Å². The minimum atomic E-state index is 0. The fourth-order valence-electron chi connectivity index (χ4n) is 2.23. The summed E-state index contributed by atoms with van der Waals surface area (Å²) in [6.07, 6.45) is 8.21. The van der Waals surface area contributed by atoms with Crippen LogP contribution in [0.4, 0.5) is 0 Å². The summed E-state index contributed by atoms with van der Waals surface area (Å²) in [6, 6.07) is 8.25. The van der Waals surface area contributed by atoms with Crippen molar-refractivity contribution in [3.63, 3.8) is 0 Å². The quantitative estimate of drug-likeness (QED) is 0.332. The summed E-state index contributed by atoms with van der Waals surface area (Å²) in [6.45, 7) is 1.54. The average Bonchev–Trinajstić information content (AvgIpc) is 3.32. The van der Waals surface area contributed by atoms with Crippen molar-refractivity contribution in [2.75, 3.05) is 13.6 Å². The lowest BCUT2D eigenvalue weighted by Crippen LogP contribution is -2.37. The molecule has 0 aliphatic rings. The molecule has 0 bridgehead atoms. The molecule has 8 heteroatoms. The highest BCUT2D eigenvalue weighted by Gasteiger charge is 2.01. The predicted octanol–water partition coefficient (Wildman–Crippen LogP) is 2.85. The lowest BCUT2D eigenvalue weighted by atomic mass is 10.3. The summed E-state index contributed by atoms with van der Waals surface area (Å²) in [5.41, 5.74) is 1.10. The molecule has 0 spiro atoms. The van der Waals surface area contributed by atoms with E-state index < -0.39 is 0 Å². The number of hydrogen-bond donors (Lipinski definition) is 2. The zero-order valence-corrected chi connectivity index (χ0v) is 17.1. The largest absolute Gasteiger partial charge is 0.356 e. The van der Waals surface area contributed by atoms with Crippen LogP contribution in [0.3, 0.4) is 0 Å². The van der Waals surface area contributed by atoms with Gasteiger partial charge in [0, 0.05) is 43.6 Å². The number of rotatable bonds is 6. The Morgan fingerprint density at radius 1 is 1.28 bits per heavy atom. The summed E-state index contributed by atoms with van der Waals surface area (Å²) in [5.74, 6) is 1.65. The van der Waals surface area contributed by atoms with Crippen molar-refractivity contribution in [2.24, 2.45) is 4.99 Å². The van der Waals surface area contributed by atoms with Gasteiger partial charge in [-0.25, -0.2) is 9.97 Å². The maximum Gasteiger partial charge on any atom is 0.191 e. The molecule has 0 unspecified atom stereocenters. The first-order valence-corrected chi connectivity index (χ1v) is 8.63. The molecular weight excluding hydrogens is 447 g/mol. The molecule has 3 aromatic heterocycles. The van der Waals surface area contributed by atoms with Gasteiger partial charge in [-0.15, -0.1) is 35.3 Å². The lowest BCUT2D eigenvalue weighted by Gasteiger charge is -2.11. The second kappa shape index (κ2) is 10.1. The van der Waals surface area contributed by atoms with E-state index in [1.165, 1.54) is 4.88 Å². The van der Waals surface area contributed by atoms with Crippen LogP contribution < -0.4 is 10.6 Å². The van der Waals surface area contributed by atoms with Gasteiger partial charge >= 0.3 is 0 Å². The number of halogens is 1. The topological polar surface area (TPSA) is 67.1 Å². The van der Waals surface area contributed by atoms with E-state index >= 15 is 0 Å². The van der Waals surface area contributed by atoms with E-state index in [9.17, 15) is 0 Å². The van der Waals surface area contributed by atoms with E-state index in [-0.39, 0.29) is 24.0 Å². The van der Waals surface area contributed by atoms with Crippen LogP contribution in [-0.4, -0.2) is 34.1 Å². The molecular formula is C17H21IN6S. The molecule has 0 aliphatic carbocycles. The van der Waals surface area contributed by atoms with Gasteiger partial charge in [0.1, 0.15) is 12.1 Å². The van der Waals surface area contributed by atoms with Crippen LogP contribution >= 0.6 is 35.3 Å². The van der Waals surface area contributed by atoms with Gasteiger partial charge in [0.15, 0.2) is 5.96 Å². The van der Waals surface area contributed by atoms with Crippen LogP contribution in [0.1, 0.15) is 10.4 Å². The zero-order chi connectivity index (χ0) is 16.6. The number of thiophene rings is 1. The summed E-state index contributed by atoms with van der Waals surface area (Å²) >= 11 is 1.78. The smallest absolute Gasteiger partial charge is 0.191 e. The number of pyridine rings is 1. The van der Waals surface area contributed by atoms with Gasteiger partial charge in [0.05, 0.1) is 0 Å². The highest BCUT2D eigenvalue weighted by atomic mass is 127. The Hall–Kier alpha value is -1.94. The molecule has 0 amide bonds. The Labute approximate surface area is 168 Å². The third-order valence-corrected chi connectivity index (χ3v) is 4.44. The molecule has 0 aromatic carbocycles. The molecule has 3 aromatic rings. The highest BCUT2D eigenvalue weighted by Crippen LogP contribution is 2.08. The number of aliphatic imine (C=N–C) groups is 1. The van der Waals surface area contributed by atoms with Crippen molar-refractivity contribution >= 4 is 41.3 Å². The summed E-state index contributed by atoms with van der Waals surface area (Å²) < 4.78 is 1.88. The Morgan fingerprint density at radius 3 is 2.84 bits per heavy atom. The Kier molecular flexibility index (Phi) is 7.86. The van der Waals surface area contributed by atoms with Crippen molar-refractivity contribution in [2.45, 2.75) is 13.0 Å². The third kappa shape index (κ3) is 5.82. The van der Waals surface area contributed by atoms with E-state index in [0.717, 1.165) is 30.3 Å². The second-order valence-corrected chi connectivity index (χ2v) is 6.21. The van der Waals surface area contributed by atoms with E-state index in [4.69, 9.17) is 0 Å². The maximum absolute atomic E-state index is 4.44. The second-order valence-electron chi connectivity index (χ2n) is 5.18. The van der Waals surface area contributed by atoms with Crippen molar-refractivity contribution in [1.82, 2.24) is 25.2 Å². The average molecular weight is 468 g/mol. The van der Waals surface area contributed by atoms with Gasteiger partial charge < -0.3 is 10.6 Å². The third-order valence-electron chi connectivity index (χ3n) is 3.51. The Balaban J connectivity index is 0.00000225. The van der Waals surface area contributed by atoms with Gasteiger partial charge in [-0.1, -0.05) is 12.1 Å². The number of hydrogen-bond acceptors (Lipinski definition) is 4. The molecule has 0 atom stereocenters. The van der Waals surface area contributed by atoms with Crippen molar-refractivity contribution in [1.29, 1.82) is 0 Å². The minimum Gasteiger partial charge on any atom is -0.356 e. The molecule has 0 saturated carbocycles. The SMILES string of the molecule is CN=C(NCCc1cccs1)NCc1ccc(-n2ccnc2)nc1.I. The molecule has 3 heterocycles. The van der Waals surface area contributed by atoms with Gasteiger partial charge in [-0.2, -0.15) is 0 Å². The van der Waals surface area contributed by atoms with Crippen molar-refractivity contribution in [3.8, 4) is 5.82 Å². The molecule has 2 N–H and O–H groups in total. The summed E-state index contributed by atoms with van der Waals surface area (Å²) in [4.78, 5) is 14.1. The monoisotopic (exact) mass is 468 g/mol. The first kappa shape index (κ1) is 19.4. The van der Waals surface area contributed by atoms with Crippen molar-refractivity contribution in [3.05, 3.63) is 65.0 Å². The number of nitrogens with zero attached hydrogens (tertiary/aromatic N) is 4. The maximum atomic E-state index is 4.44. The zero-order valence-electron chi connectivity index (χ0n) is 13.9. The fraction of sp³-hybridized carbons (Fsp3) is 0.235. The molecule has 6 nitrogen and oxygen atoms in total. The number of guanidine groups is 1. The summed E-state index contributed by atoms with van der Waals surface area (Å²) in [5, 5.41) is 8.73. The molecule has 3 rings (SSSR count). The molecule has 0 aliphatic heterocycles. The predicted molar refractivity (Wildman–Crippen MR) is 113 cm³/mol. The lowest BCUT2D eigenvalue weighted by molar-refractivity contribution is 0.796. The molecule has 25 heavy (non-hydrogen) atoms. The van der Waals surface area contributed by atoms with Gasteiger partial charge in [-0.3, -0.25) is 9.56 Å². The number of imidazole rings is 1. The van der Waals surface area contributed by atoms with Gasteiger partial charge in [0.25, 0.3) is 0 Å². The highest BCUT2D eigenvalue weighted by molar-refractivity contribution is 14.0. The van der Waals surface area contributed by atoms with Crippen LogP contribution in [0, 0.1) is 0 Å². The standard InChI is InChI=1S/C17H20N6S.HI/c1-18-17(20-7-6-15-3-2-10-24-15)22-12-14-4-5-16(21-11-14)23-9-8-19-13-23;/h2-5,8-11,13H,6-7,12H2,1H3,(H2,18,20,22);1H. The molecule has 132 valence electrons. The fourth-order valence-corrected chi connectivity index (χ4v) is 2.94. The van der Waals surface area contributed by atoms with Crippen LogP contribution in [0.2, 0.25) is 0 Å². The summed E-state index contributed by atoms with van der Waals surface area (Å²) in [7, 11) is 1.78. The first-order valence-electron chi connectivity index (χ1n) is 7.75. The van der Waals surface area contributed by atoms with Gasteiger partial charge in [0.2, 0.25) is 0 Å². The minimum absolute atomic E-state index is 0. The molecule has 0 fully saturated rings. The normalized spacial score (nSPS) is 11.0. The Bertz CT molecular complexity index is 753. The van der Waals surface area contributed by atoms with E-state index in [1.807, 2.05) is 29.1 Å². The van der Waals surface area contributed by atoms with Gasteiger partial charge in [-0.05, 0) is 29.5 Å². The number of nitrogens with one attached hydrogen (secondary N) is 2. The van der Waals surface area contributed by atoms with Crippen LogP contribution in [0.25, 0.3) is 5.82 Å².